The first kappa shape index (κ1) is 40.9. The molecule has 0 rings (SSSR count). The number of aliphatic carboxylic acids is 2. The molecule has 0 aromatic rings. The van der Waals surface area contributed by atoms with Gasteiger partial charge in [-0.1, -0.05) is 152 Å². The zero-order chi connectivity index (χ0) is 31.7. The van der Waals surface area contributed by atoms with Crippen LogP contribution in [-0.2, 0) is 9.59 Å². The molecule has 0 saturated heterocycles. The van der Waals surface area contributed by atoms with Crippen LogP contribution in [0.25, 0.3) is 0 Å². The molecule has 0 bridgehead atoms. The topological polar surface area (TPSA) is 74.6 Å². The van der Waals surface area contributed by atoms with Crippen LogP contribution in [0.2, 0.25) is 0 Å². The van der Waals surface area contributed by atoms with Crippen molar-refractivity contribution < 1.29 is 19.8 Å². The van der Waals surface area contributed by atoms with E-state index >= 15 is 0 Å². The maximum Gasteiger partial charge on any atom is 0.321 e. The summed E-state index contributed by atoms with van der Waals surface area (Å²) < 4.78 is 0. The van der Waals surface area contributed by atoms with Gasteiger partial charge in [0.25, 0.3) is 0 Å². The Kier molecular flexibility index (Phi) is 29.8. The molecular formula is C39H68O4. The minimum Gasteiger partial charge on any atom is -0.480 e. The van der Waals surface area contributed by atoms with Crippen molar-refractivity contribution in [3.8, 4) is 0 Å². The Hall–Kier alpha value is -2.10. The minimum absolute atomic E-state index is 0.243. The maximum absolute atomic E-state index is 12.0. The summed E-state index contributed by atoms with van der Waals surface area (Å²) in [6, 6.07) is 0. The lowest BCUT2D eigenvalue weighted by Gasteiger charge is -2.25. The molecule has 0 fully saturated rings. The second kappa shape index (κ2) is 31.3. The van der Waals surface area contributed by atoms with Crippen LogP contribution in [0.15, 0.2) is 48.6 Å². The van der Waals surface area contributed by atoms with Crippen molar-refractivity contribution in [1.82, 2.24) is 0 Å². The predicted octanol–water partition coefficient (Wildman–Crippen LogP) is 12.5. The summed E-state index contributed by atoms with van der Waals surface area (Å²) in [7, 11) is 0. The largest absolute Gasteiger partial charge is 0.480 e. The van der Waals surface area contributed by atoms with Gasteiger partial charge in [0.1, 0.15) is 0 Å². The third kappa shape index (κ3) is 25.0. The van der Waals surface area contributed by atoms with Crippen molar-refractivity contribution in [3.63, 3.8) is 0 Å². The Morgan fingerprint density at radius 3 is 1.00 bits per heavy atom. The fourth-order valence-corrected chi connectivity index (χ4v) is 5.47. The number of hydrogen-bond acceptors (Lipinski definition) is 2. The van der Waals surface area contributed by atoms with Crippen molar-refractivity contribution >= 4 is 11.9 Å². The fourth-order valence-electron chi connectivity index (χ4n) is 5.47. The highest BCUT2D eigenvalue weighted by atomic mass is 16.4. The van der Waals surface area contributed by atoms with Crippen LogP contribution in [0, 0.1) is 5.41 Å². The van der Waals surface area contributed by atoms with E-state index in [1.54, 1.807) is 0 Å². The van der Waals surface area contributed by atoms with E-state index < -0.39 is 17.4 Å². The molecule has 0 amide bonds. The van der Waals surface area contributed by atoms with Gasteiger partial charge in [0.15, 0.2) is 5.41 Å². The Bertz CT molecular complexity index is 697. The molecule has 0 spiro atoms. The second-order valence-corrected chi connectivity index (χ2v) is 12.4. The molecule has 248 valence electrons. The van der Waals surface area contributed by atoms with E-state index in [4.69, 9.17) is 0 Å². The van der Waals surface area contributed by atoms with Crippen LogP contribution in [0.1, 0.15) is 181 Å². The van der Waals surface area contributed by atoms with Gasteiger partial charge in [0.2, 0.25) is 0 Å². The summed E-state index contributed by atoms with van der Waals surface area (Å²) in [5.41, 5.74) is -1.62. The number of carboxylic acids is 2. The Morgan fingerprint density at radius 1 is 0.419 bits per heavy atom. The van der Waals surface area contributed by atoms with Gasteiger partial charge in [-0.05, 0) is 77.0 Å². The molecule has 0 atom stereocenters. The van der Waals surface area contributed by atoms with Crippen LogP contribution >= 0.6 is 0 Å². The first-order valence-electron chi connectivity index (χ1n) is 18.1. The summed E-state index contributed by atoms with van der Waals surface area (Å²) in [6.07, 6.45) is 45.3. The van der Waals surface area contributed by atoms with E-state index in [-0.39, 0.29) is 12.8 Å². The van der Waals surface area contributed by atoms with Gasteiger partial charge < -0.3 is 10.2 Å². The maximum atomic E-state index is 12.0. The molecule has 0 unspecified atom stereocenters. The van der Waals surface area contributed by atoms with Gasteiger partial charge in [-0.15, -0.1) is 0 Å². The standard InChI is InChI=1S/C39H68O4/c1-3-5-7-9-11-13-15-17-19-21-23-25-27-29-31-33-35-39(37(40)41,38(42)43)36-34-32-30-28-26-24-22-20-18-16-14-12-10-8-6-4-2/h11-14,17-20H,3-10,15-16,21-36H2,1-2H3,(H,40,41)(H,42,43)/b13-11-,14-12-,19-17-,20-18-. The van der Waals surface area contributed by atoms with Crippen LogP contribution < -0.4 is 0 Å². The molecule has 4 heteroatoms. The molecule has 0 saturated carbocycles. The average Bonchev–Trinajstić information content (AvgIpc) is 2.99. The Labute approximate surface area is 266 Å². The van der Waals surface area contributed by atoms with E-state index in [9.17, 15) is 19.8 Å². The SMILES string of the molecule is CCCCC/C=C\C/C=C\CCCCCCCCC(CCCCCCCC/C=C\C/C=C\CCCCC)(C(=O)O)C(=O)O. The molecule has 0 heterocycles. The van der Waals surface area contributed by atoms with Gasteiger partial charge in [-0.25, -0.2) is 0 Å². The van der Waals surface area contributed by atoms with Crippen molar-refractivity contribution in [2.75, 3.05) is 0 Å². The van der Waals surface area contributed by atoms with Gasteiger partial charge in [0, 0.05) is 0 Å². The van der Waals surface area contributed by atoms with Crippen LogP contribution in [0.4, 0.5) is 0 Å². The number of allylic oxidation sites excluding steroid dienone is 8. The highest BCUT2D eigenvalue weighted by molar-refractivity contribution is 5.98. The van der Waals surface area contributed by atoms with E-state index in [0.29, 0.717) is 12.8 Å². The lowest BCUT2D eigenvalue weighted by molar-refractivity contribution is -0.166. The number of carboxylic acid groups (broad SMARTS) is 2. The molecule has 0 aromatic heterocycles. The predicted molar refractivity (Wildman–Crippen MR) is 186 cm³/mol. The molecule has 0 aromatic carbocycles. The Balaban J connectivity index is 3.94. The smallest absolute Gasteiger partial charge is 0.321 e. The molecule has 43 heavy (non-hydrogen) atoms. The Morgan fingerprint density at radius 2 is 0.698 bits per heavy atom. The number of hydrogen-bond donors (Lipinski definition) is 2. The highest BCUT2D eigenvalue weighted by Gasteiger charge is 2.45. The van der Waals surface area contributed by atoms with Crippen molar-refractivity contribution in [2.24, 2.45) is 5.41 Å². The lowest BCUT2D eigenvalue weighted by Crippen LogP contribution is -2.39. The molecule has 4 nitrogen and oxygen atoms in total. The van der Waals surface area contributed by atoms with Crippen molar-refractivity contribution in [2.45, 2.75) is 181 Å². The van der Waals surface area contributed by atoms with Crippen LogP contribution in [0.5, 0.6) is 0 Å². The first-order valence-corrected chi connectivity index (χ1v) is 18.1. The number of rotatable bonds is 32. The average molecular weight is 601 g/mol. The van der Waals surface area contributed by atoms with E-state index in [0.717, 1.165) is 64.2 Å². The van der Waals surface area contributed by atoms with E-state index in [2.05, 4.69) is 62.5 Å². The van der Waals surface area contributed by atoms with E-state index in [1.807, 2.05) is 0 Å². The van der Waals surface area contributed by atoms with Crippen molar-refractivity contribution in [1.29, 1.82) is 0 Å². The highest BCUT2D eigenvalue weighted by Crippen LogP contribution is 2.33. The lowest BCUT2D eigenvalue weighted by atomic mass is 9.78. The van der Waals surface area contributed by atoms with Crippen molar-refractivity contribution in [3.05, 3.63) is 48.6 Å². The molecule has 0 aliphatic carbocycles. The zero-order valence-electron chi connectivity index (χ0n) is 28.2. The summed E-state index contributed by atoms with van der Waals surface area (Å²) >= 11 is 0. The van der Waals surface area contributed by atoms with Gasteiger partial charge in [0.05, 0.1) is 0 Å². The quantitative estimate of drug-likeness (QED) is 0.0457. The molecular weight excluding hydrogens is 532 g/mol. The third-order valence-corrected chi connectivity index (χ3v) is 8.43. The summed E-state index contributed by atoms with van der Waals surface area (Å²) in [5, 5.41) is 19.7. The van der Waals surface area contributed by atoms with E-state index in [1.165, 1.54) is 77.0 Å². The first-order chi connectivity index (χ1) is 21.0. The molecule has 0 radical (unpaired) electrons. The summed E-state index contributed by atoms with van der Waals surface area (Å²) in [5.74, 6) is -2.32. The monoisotopic (exact) mass is 601 g/mol. The second-order valence-electron chi connectivity index (χ2n) is 12.4. The molecule has 0 aliphatic rings. The third-order valence-electron chi connectivity index (χ3n) is 8.43. The van der Waals surface area contributed by atoms with Gasteiger partial charge in [-0.3, -0.25) is 9.59 Å². The zero-order valence-corrected chi connectivity index (χ0v) is 28.2. The number of carbonyl (C=O) groups is 2. The van der Waals surface area contributed by atoms with Gasteiger partial charge in [-0.2, -0.15) is 0 Å². The normalized spacial score (nSPS) is 12.5. The number of unbranched alkanes of at least 4 members (excludes halogenated alkanes) is 18. The molecule has 2 N–H and O–H groups in total. The summed E-state index contributed by atoms with van der Waals surface area (Å²) in [4.78, 5) is 24.1. The van der Waals surface area contributed by atoms with Gasteiger partial charge >= 0.3 is 11.9 Å². The fraction of sp³-hybridized carbons (Fsp3) is 0.744. The van der Waals surface area contributed by atoms with Crippen LogP contribution in [0.3, 0.4) is 0 Å². The summed E-state index contributed by atoms with van der Waals surface area (Å²) in [6.45, 7) is 4.47. The minimum atomic E-state index is -1.62. The van der Waals surface area contributed by atoms with Crippen LogP contribution in [-0.4, -0.2) is 22.2 Å². The molecule has 0 aliphatic heterocycles.